The van der Waals surface area contributed by atoms with Crippen LogP contribution in [-0.2, 0) is 6.54 Å². The molecule has 7 heteroatoms. The average Bonchev–Trinajstić information content (AvgIpc) is 2.86. The summed E-state index contributed by atoms with van der Waals surface area (Å²) in [6.45, 7) is 2.74. The fourth-order valence-electron chi connectivity index (χ4n) is 2.45. The molecule has 1 saturated heterocycles. The van der Waals surface area contributed by atoms with Gasteiger partial charge < -0.3 is 10.1 Å². The highest BCUT2D eigenvalue weighted by Crippen LogP contribution is 2.28. The van der Waals surface area contributed by atoms with E-state index in [1.807, 2.05) is 13.1 Å². The molecule has 0 aromatic heterocycles. The molecular formula is C13H20ClN3O3. The van der Waals surface area contributed by atoms with Crippen LogP contribution in [0.25, 0.3) is 0 Å². The molecule has 1 unspecified atom stereocenters. The Labute approximate surface area is 124 Å². The Morgan fingerprint density at radius 3 is 2.85 bits per heavy atom. The fourth-order valence-corrected chi connectivity index (χ4v) is 2.45. The molecule has 112 valence electrons. The molecule has 0 radical (unpaired) electrons. The van der Waals surface area contributed by atoms with Gasteiger partial charge in [0, 0.05) is 31.7 Å². The summed E-state index contributed by atoms with van der Waals surface area (Å²) in [5.41, 5.74) is 0.980. The Morgan fingerprint density at radius 2 is 2.30 bits per heavy atom. The van der Waals surface area contributed by atoms with Crippen LogP contribution in [0.3, 0.4) is 0 Å². The highest BCUT2D eigenvalue weighted by atomic mass is 35.5. The van der Waals surface area contributed by atoms with Gasteiger partial charge in [0.1, 0.15) is 0 Å². The van der Waals surface area contributed by atoms with Crippen LogP contribution in [0.5, 0.6) is 5.75 Å². The molecule has 0 aliphatic carbocycles. The van der Waals surface area contributed by atoms with E-state index >= 15 is 0 Å². The Bertz CT molecular complexity index is 470. The number of halogens is 1. The third-order valence-corrected chi connectivity index (χ3v) is 3.53. The molecule has 2 rings (SSSR count). The van der Waals surface area contributed by atoms with Gasteiger partial charge in [0.2, 0.25) is 0 Å². The van der Waals surface area contributed by atoms with Gasteiger partial charge in [-0.2, -0.15) is 0 Å². The van der Waals surface area contributed by atoms with Crippen molar-refractivity contribution in [3.63, 3.8) is 0 Å². The number of ether oxygens (including phenoxy) is 1. The van der Waals surface area contributed by atoms with Crippen LogP contribution in [0.15, 0.2) is 18.2 Å². The predicted octanol–water partition coefficient (Wildman–Crippen LogP) is 1.82. The molecule has 1 heterocycles. The van der Waals surface area contributed by atoms with Gasteiger partial charge in [-0.15, -0.1) is 12.4 Å². The van der Waals surface area contributed by atoms with Crippen molar-refractivity contribution >= 4 is 18.1 Å². The van der Waals surface area contributed by atoms with Gasteiger partial charge in [-0.3, -0.25) is 15.0 Å². The molecule has 1 N–H and O–H groups in total. The van der Waals surface area contributed by atoms with E-state index in [0.29, 0.717) is 11.8 Å². The number of hydrogen-bond donors (Lipinski definition) is 1. The van der Waals surface area contributed by atoms with Gasteiger partial charge in [0.15, 0.2) is 5.75 Å². The van der Waals surface area contributed by atoms with E-state index in [0.717, 1.165) is 31.6 Å². The smallest absolute Gasteiger partial charge is 0.311 e. The van der Waals surface area contributed by atoms with Gasteiger partial charge in [0.05, 0.1) is 12.0 Å². The number of likely N-dealkylation sites (tertiary alicyclic amines) is 1. The van der Waals surface area contributed by atoms with Crippen molar-refractivity contribution in [3.05, 3.63) is 33.9 Å². The minimum Gasteiger partial charge on any atom is -0.490 e. The second-order valence-corrected chi connectivity index (χ2v) is 4.77. The number of nitrogens with zero attached hydrogens (tertiary/aromatic N) is 2. The van der Waals surface area contributed by atoms with Crippen LogP contribution in [-0.4, -0.2) is 43.1 Å². The second kappa shape index (κ2) is 7.42. The minimum atomic E-state index is -0.400. The number of rotatable bonds is 5. The molecule has 0 bridgehead atoms. The Morgan fingerprint density at radius 1 is 1.55 bits per heavy atom. The summed E-state index contributed by atoms with van der Waals surface area (Å²) in [4.78, 5) is 12.9. The molecule has 1 aliphatic heterocycles. The maximum absolute atomic E-state index is 11.0. The maximum Gasteiger partial charge on any atom is 0.311 e. The number of hydrogen-bond acceptors (Lipinski definition) is 5. The average molecular weight is 302 g/mol. The van der Waals surface area contributed by atoms with E-state index < -0.39 is 4.92 Å². The zero-order valence-electron chi connectivity index (χ0n) is 11.7. The first-order valence-electron chi connectivity index (χ1n) is 6.35. The lowest BCUT2D eigenvalue weighted by atomic mass is 10.2. The molecule has 0 amide bonds. The molecule has 20 heavy (non-hydrogen) atoms. The number of likely N-dealkylation sites (N-methyl/N-ethyl adjacent to an activating group) is 1. The van der Waals surface area contributed by atoms with Crippen LogP contribution in [0.2, 0.25) is 0 Å². The lowest BCUT2D eigenvalue weighted by Gasteiger charge is -2.16. The summed E-state index contributed by atoms with van der Waals surface area (Å²) < 4.78 is 5.00. The first-order chi connectivity index (χ1) is 9.13. The minimum absolute atomic E-state index is 0. The van der Waals surface area contributed by atoms with Crippen molar-refractivity contribution in [1.29, 1.82) is 0 Å². The zero-order chi connectivity index (χ0) is 13.8. The van der Waals surface area contributed by atoms with Crippen LogP contribution in [0, 0.1) is 10.1 Å². The molecule has 1 atom stereocenters. The van der Waals surface area contributed by atoms with Crippen molar-refractivity contribution in [2.45, 2.75) is 19.0 Å². The van der Waals surface area contributed by atoms with Gasteiger partial charge >= 0.3 is 5.69 Å². The van der Waals surface area contributed by atoms with Crippen molar-refractivity contribution < 1.29 is 9.66 Å². The Hall–Kier alpha value is -1.37. The largest absolute Gasteiger partial charge is 0.490 e. The third-order valence-electron chi connectivity index (χ3n) is 3.53. The molecule has 1 fully saturated rings. The molecule has 1 aromatic rings. The summed E-state index contributed by atoms with van der Waals surface area (Å²) in [6, 6.07) is 5.68. The zero-order valence-corrected chi connectivity index (χ0v) is 12.5. The van der Waals surface area contributed by atoms with E-state index in [2.05, 4.69) is 10.2 Å². The van der Waals surface area contributed by atoms with Crippen molar-refractivity contribution in [2.75, 3.05) is 27.2 Å². The third kappa shape index (κ3) is 3.82. The SMILES string of the molecule is CNC1CCN(Cc2ccc(OC)c([N+](=O)[O-])c2)C1.Cl. The summed E-state index contributed by atoms with van der Waals surface area (Å²) in [5.74, 6) is 0.309. The van der Waals surface area contributed by atoms with Crippen molar-refractivity contribution in [3.8, 4) is 5.75 Å². The molecule has 0 saturated carbocycles. The Balaban J connectivity index is 0.00000200. The monoisotopic (exact) mass is 301 g/mol. The normalized spacial score (nSPS) is 18.6. The summed E-state index contributed by atoms with van der Waals surface area (Å²) in [7, 11) is 3.41. The standard InChI is InChI=1S/C13H19N3O3.ClH/c1-14-11-5-6-15(9-11)8-10-3-4-13(19-2)12(7-10)16(17)18;/h3-4,7,11,14H,5-6,8-9H2,1-2H3;1H. The van der Waals surface area contributed by atoms with Crippen LogP contribution < -0.4 is 10.1 Å². The van der Waals surface area contributed by atoms with E-state index in [1.165, 1.54) is 7.11 Å². The highest BCUT2D eigenvalue weighted by molar-refractivity contribution is 5.85. The number of nitro benzene ring substituents is 1. The quantitative estimate of drug-likeness (QED) is 0.664. The fraction of sp³-hybridized carbons (Fsp3) is 0.538. The van der Waals surface area contributed by atoms with Crippen LogP contribution >= 0.6 is 12.4 Å². The summed E-state index contributed by atoms with van der Waals surface area (Å²) in [5, 5.41) is 14.2. The molecular weight excluding hydrogens is 282 g/mol. The summed E-state index contributed by atoms with van der Waals surface area (Å²) in [6.07, 6.45) is 1.12. The first kappa shape index (κ1) is 16.7. The van der Waals surface area contributed by atoms with Gasteiger partial charge in [0.25, 0.3) is 0 Å². The predicted molar refractivity (Wildman–Crippen MR) is 79.6 cm³/mol. The molecule has 1 aliphatic rings. The Kier molecular flexibility index (Phi) is 6.19. The van der Waals surface area contributed by atoms with Crippen molar-refractivity contribution in [2.24, 2.45) is 0 Å². The van der Waals surface area contributed by atoms with E-state index in [1.54, 1.807) is 12.1 Å². The van der Waals surface area contributed by atoms with Crippen molar-refractivity contribution in [1.82, 2.24) is 10.2 Å². The highest BCUT2D eigenvalue weighted by Gasteiger charge is 2.22. The lowest BCUT2D eigenvalue weighted by Crippen LogP contribution is -2.29. The van der Waals surface area contributed by atoms with E-state index in [4.69, 9.17) is 4.74 Å². The number of benzene rings is 1. The summed E-state index contributed by atoms with van der Waals surface area (Å²) >= 11 is 0. The second-order valence-electron chi connectivity index (χ2n) is 4.77. The van der Waals surface area contributed by atoms with E-state index in [-0.39, 0.29) is 18.1 Å². The topological polar surface area (TPSA) is 67.6 Å². The number of nitrogens with one attached hydrogen (secondary N) is 1. The number of methoxy groups -OCH3 is 1. The van der Waals surface area contributed by atoms with Gasteiger partial charge in [-0.05, 0) is 25.1 Å². The molecule has 6 nitrogen and oxygen atoms in total. The molecule has 1 aromatic carbocycles. The lowest BCUT2D eigenvalue weighted by molar-refractivity contribution is -0.385. The van der Waals surface area contributed by atoms with Gasteiger partial charge in [-0.1, -0.05) is 6.07 Å². The first-order valence-corrected chi connectivity index (χ1v) is 6.35. The van der Waals surface area contributed by atoms with Gasteiger partial charge in [-0.25, -0.2) is 0 Å². The number of nitro groups is 1. The van der Waals surface area contributed by atoms with Crippen LogP contribution in [0.4, 0.5) is 5.69 Å². The molecule has 0 spiro atoms. The maximum atomic E-state index is 11.0. The van der Waals surface area contributed by atoms with Crippen LogP contribution in [0.1, 0.15) is 12.0 Å². The van der Waals surface area contributed by atoms with E-state index in [9.17, 15) is 10.1 Å².